The Morgan fingerprint density at radius 3 is 2.95 bits per heavy atom. The van der Waals surface area contributed by atoms with Gasteiger partial charge in [0.2, 0.25) is 0 Å². The van der Waals surface area contributed by atoms with Gasteiger partial charge in [-0.2, -0.15) is 0 Å². The fourth-order valence-electron chi connectivity index (χ4n) is 1.82. The Bertz CT molecular complexity index is 555. The SMILES string of the molecule is CC[C@H](C)c1ccccc1OCC(=O)Nc1nccs1. The summed E-state index contributed by atoms with van der Waals surface area (Å²) in [4.78, 5) is 15.8. The molecule has 1 aromatic heterocycles. The van der Waals surface area contributed by atoms with Gasteiger partial charge in [-0.1, -0.05) is 32.0 Å². The molecule has 0 saturated carbocycles. The van der Waals surface area contributed by atoms with Gasteiger partial charge in [-0.25, -0.2) is 4.98 Å². The lowest BCUT2D eigenvalue weighted by molar-refractivity contribution is -0.118. The summed E-state index contributed by atoms with van der Waals surface area (Å²) in [6.45, 7) is 4.28. The molecule has 0 aliphatic rings. The van der Waals surface area contributed by atoms with Crippen molar-refractivity contribution in [3.8, 4) is 5.75 Å². The molecule has 0 saturated heterocycles. The first-order chi connectivity index (χ1) is 9.70. The van der Waals surface area contributed by atoms with Crippen LogP contribution in [0.15, 0.2) is 35.8 Å². The smallest absolute Gasteiger partial charge is 0.264 e. The number of nitrogens with one attached hydrogen (secondary N) is 1. The number of hydrogen-bond acceptors (Lipinski definition) is 4. The number of para-hydroxylation sites is 1. The molecule has 1 N–H and O–H groups in total. The number of carbonyl (C=O) groups is 1. The third kappa shape index (κ3) is 3.81. The van der Waals surface area contributed by atoms with Crippen molar-refractivity contribution in [2.75, 3.05) is 11.9 Å². The summed E-state index contributed by atoms with van der Waals surface area (Å²) in [5, 5.41) is 5.10. The largest absolute Gasteiger partial charge is 0.483 e. The van der Waals surface area contributed by atoms with Crippen LogP contribution in [0.5, 0.6) is 5.75 Å². The molecule has 0 spiro atoms. The van der Waals surface area contributed by atoms with E-state index in [1.807, 2.05) is 29.6 Å². The van der Waals surface area contributed by atoms with Gasteiger partial charge in [-0.3, -0.25) is 10.1 Å². The summed E-state index contributed by atoms with van der Waals surface area (Å²) in [6, 6.07) is 7.85. The molecule has 1 amide bonds. The molecule has 4 nitrogen and oxygen atoms in total. The Kier molecular flexibility index (Phi) is 5.12. The molecule has 1 heterocycles. The van der Waals surface area contributed by atoms with Crippen LogP contribution in [0.25, 0.3) is 0 Å². The highest BCUT2D eigenvalue weighted by Crippen LogP contribution is 2.28. The van der Waals surface area contributed by atoms with Crippen molar-refractivity contribution in [1.29, 1.82) is 0 Å². The fraction of sp³-hybridized carbons (Fsp3) is 0.333. The van der Waals surface area contributed by atoms with E-state index in [1.54, 1.807) is 6.20 Å². The van der Waals surface area contributed by atoms with Crippen molar-refractivity contribution in [2.45, 2.75) is 26.2 Å². The lowest BCUT2D eigenvalue weighted by Crippen LogP contribution is -2.20. The number of thiazole rings is 1. The van der Waals surface area contributed by atoms with Gasteiger partial charge in [0.15, 0.2) is 11.7 Å². The summed E-state index contributed by atoms with van der Waals surface area (Å²) in [5.41, 5.74) is 1.14. The highest BCUT2D eigenvalue weighted by molar-refractivity contribution is 7.13. The first kappa shape index (κ1) is 14.5. The van der Waals surface area contributed by atoms with Gasteiger partial charge in [0, 0.05) is 11.6 Å². The molecule has 0 bridgehead atoms. The molecule has 0 unspecified atom stereocenters. The maximum absolute atomic E-state index is 11.8. The molecule has 1 aromatic carbocycles. The third-order valence-corrected chi connectivity index (χ3v) is 3.79. The molecule has 2 aromatic rings. The summed E-state index contributed by atoms with van der Waals surface area (Å²) < 4.78 is 5.64. The minimum absolute atomic E-state index is 0.00692. The lowest BCUT2D eigenvalue weighted by Gasteiger charge is -2.15. The molecule has 2 rings (SSSR count). The molecule has 106 valence electrons. The molecule has 20 heavy (non-hydrogen) atoms. The van der Waals surface area contributed by atoms with Gasteiger partial charge in [0.1, 0.15) is 5.75 Å². The van der Waals surface area contributed by atoms with Crippen molar-refractivity contribution in [3.63, 3.8) is 0 Å². The number of ether oxygens (including phenoxy) is 1. The highest BCUT2D eigenvalue weighted by Gasteiger charge is 2.11. The predicted molar refractivity (Wildman–Crippen MR) is 81.4 cm³/mol. The second-order valence-corrected chi connectivity index (χ2v) is 5.42. The minimum Gasteiger partial charge on any atom is -0.483 e. The monoisotopic (exact) mass is 290 g/mol. The molecule has 0 aliphatic carbocycles. The first-order valence-corrected chi connectivity index (χ1v) is 7.49. The Labute approximate surface area is 122 Å². The normalized spacial score (nSPS) is 11.9. The van der Waals surface area contributed by atoms with Crippen molar-refractivity contribution >= 4 is 22.4 Å². The summed E-state index contributed by atoms with van der Waals surface area (Å²) in [7, 11) is 0. The number of carbonyl (C=O) groups excluding carboxylic acids is 1. The number of amides is 1. The van der Waals surface area contributed by atoms with Gasteiger partial charge in [0.25, 0.3) is 5.91 Å². The molecule has 5 heteroatoms. The Hall–Kier alpha value is -1.88. The second kappa shape index (κ2) is 7.05. The summed E-state index contributed by atoms with van der Waals surface area (Å²) in [5.74, 6) is 0.989. The van der Waals surface area contributed by atoms with Crippen LogP contribution in [0.4, 0.5) is 5.13 Å². The zero-order valence-corrected chi connectivity index (χ0v) is 12.4. The van der Waals surface area contributed by atoms with Crippen LogP contribution in [0.2, 0.25) is 0 Å². The Morgan fingerprint density at radius 1 is 1.45 bits per heavy atom. The van der Waals surface area contributed by atoms with E-state index in [2.05, 4.69) is 24.1 Å². The van der Waals surface area contributed by atoms with E-state index in [0.29, 0.717) is 11.0 Å². The molecular weight excluding hydrogens is 272 g/mol. The Balaban J connectivity index is 1.95. The van der Waals surface area contributed by atoms with Crippen LogP contribution in [-0.2, 0) is 4.79 Å². The van der Waals surface area contributed by atoms with Gasteiger partial charge < -0.3 is 4.74 Å². The first-order valence-electron chi connectivity index (χ1n) is 6.61. The number of anilines is 1. The van der Waals surface area contributed by atoms with Crippen LogP contribution in [-0.4, -0.2) is 17.5 Å². The van der Waals surface area contributed by atoms with Crippen LogP contribution in [0, 0.1) is 0 Å². The Morgan fingerprint density at radius 2 is 2.25 bits per heavy atom. The zero-order chi connectivity index (χ0) is 14.4. The molecule has 0 aliphatic heterocycles. The van der Waals surface area contributed by atoms with Gasteiger partial charge in [-0.05, 0) is 24.0 Å². The molecule has 1 atom stereocenters. The van der Waals surface area contributed by atoms with E-state index in [4.69, 9.17) is 4.74 Å². The van der Waals surface area contributed by atoms with Crippen LogP contribution >= 0.6 is 11.3 Å². The number of hydrogen-bond donors (Lipinski definition) is 1. The summed E-state index contributed by atoms with van der Waals surface area (Å²) in [6.07, 6.45) is 2.69. The number of nitrogens with zero attached hydrogens (tertiary/aromatic N) is 1. The second-order valence-electron chi connectivity index (χ2n) is 4.52. The topological polar surface area (TPSA) is 51.2 Å². The quantitative estimate of drug-likeness (QED) is 0.883. The average Bonchev–Trinajstić information content (AvgIpc) is 2.97. The zero-order valence-electron chi connectivity index (χ0n) is 11.6. The van der Waals surface area contributed by atoms with Crippen molar-refractivity contribution in [2.24, 2.45) is 0 Å². The van der Waals surface area contributed by atoms with E-state index >= 15 is 0 Å². The lowest BCUT2D eigenvalue weighted by atomic mass is 9.98. The van der Waals surface area contributed by atoms with E-state index in [-0.39, 0.29) is 12.5 Å². The molecule has 0 fully saturated rings. The highest BCUT2D eigenvalue weighted by atomic mass is 32.1. The average molecular weight is 290 g/mol. The van der Waals surface area contributed by atoms with Crippen molar-refractivity contribution < 1.29 is 9.53 Å². The van der Waals surface area contributed by atoms with E-state index in [9.17, 15) is 4.79 Å². The van der Waals surface area contributed by atoms with Crippen molar-refractivity contribution in [3.05, 3.63) is 41.4 Å². The van der Waals surface area contributed by atoms with Crippen LogP contribution in [0.3, 0.4) is 0 Å². The number of benzene rings is 1. The number of aromatic nitrogens is 1. The van der Waals surface area contributed by atoms with E-state index < -0.39 is 0 Å². The van der Waals surface area contributed by atoms with Crippen LogP contribution < -0.4 is 10.1 Å². The van der Waals surface area contributed by atoms with Crippen molar-refractivity contribution in [1.82, 2.24) is 4.98 Å². The maximum Gasteiger partial charge on any atom is 0.264 e. The standard InChI is InChI=1S/C15H18N2O2S/c1-3-11(2)12-6-4-5-7-13(12)19-10-14(18)17-15-16-8-9-20-15/h4-9,11H,3,10H2,1-2H3,(H,16,17,18)/t11-/m0/s1. The summed E-state index contributed by atoms with van der Waals surface area (Å²) >= 11 is 1.39. The van der Waals surface area contributed by atoms with E-state index in [0.717, 1.165) is 17.7 Å². The minimum atomic E-state index is -0.195. The fourth-order valence-corrected chi connectivity index (χ4v) is 2.37. The predicted octanol–water partition coefficient (Wildman–Crippen LogP) is 3.67. The van der Waals surface area contributed by atoms with Gasteiger partial charge in [0.05, 0.1) is 0 Å². The number of rotatable bonds is 6. The molecule has 0 radical (unpaired) electrons. The molecular formula is C15H18N2O2S. The van der Waals surface area contributed by atoms with Gasteiger partial charge in [-0.15, -0.1) is 11.3 Å². The third-order valence-electron chi connectivity index (χ3n) is 3.10. The maximum atomic E-state index is 11.8. The van der Waals surface area contributed by atoms with E-state index in [1.165, 1.54) is 11.3 Å². The van der Waals surface area contributed by atoms with Gasteiger partial charge >= 0.3 is 0 Å². The van der Waals surface area contributed by atoms with Crippen LogP contribution in [0.1, 0.15) is 31.7 Å².